The molecule has 0 radical (unpaired) electrons. The summed E-state index contributed by atoms with van der Waals surface area (Å²) in [7, 11) is 0. The molecule has 0 unspecified atom stereocenters. The van der Waals surface area contributed by atoms with E-state index in [4.69, 9.17) is 5.73 Å². The van der Waals surface area contributed by atoms with E-state index in [0.29, 0.717) is 22.5 Å². The van der Waals surface area contributed by atoms with Gasteiger partial charge in [0.1, 0.15) is 11.6 Å². The Morgan fingerprint density at radius 1 is 1.22 bits per heavy atom. The first-order chi connectivity index (χ1) is 8.74. The van der Waals surface area contributed by atoms with E-state index in [1.807, 2.05) is 0 Å². The molecule has 3 aromatic rings. The van der Waals surface area contributed by atoms with Crippen molar-refractivity contribution in [2.75, 3.05) is 11.1 Å². The lowest BCUT2D eigenvalue weighted by molar-refractivity contribution is 0.632. The zero-order valence-corrected chi connectivity index (χ0v) is 9.18. The predicted molar refractivity (Wildman–Crippen MR) is 65.8 cm³/mol. The third kappa shape index (κ3) is 1.71. The van der Waals surface area contributed by atoms with Crippen LogP contribution in [0.5, 0.6) is 0 Å². The predicted octanol–water partition coefficient (Wildman–Crippen LogP) is 1.82. The minimum absolute atomic E-state index is 0.0885. The molecule has 2 aromatic heterocycles. The van der Waals surface area contributed by atoms with Crippen LogP contribution < -0.4 is 11.1 Å². The summed E-state index contributed by atoms with van der Waals surface area (Å²) < 4.78 is 13.5. The number of nitrogens with one attached hydrogen (secondary N) is 2. The van der Waals surface area contributed by atoms with Crippen molar-refractivity contribution < 1.29 is 4.39 Å². The SMILES string of the molecule is Nc1nc(Nc2ccccc2F)c2cn[nH]c2n1. The number of aromatic nitrogens is 4. The maximum absolute atomic E-state index is 13.5. The number of benzene rings is 1. The van der Waals surface area contributed by atoms with Crippen molar-refractivity contribution >= 4 is 28.5 Å². The number of halogens is 1. The lowest BCUT2D eigenvalue weighted by Crippen LogP contribution is -2.01. The Kier molecular flexibility index (Phi) is 2.30. The Labute approximate surface area is 101 Å². The van der Waals surface area contributed by atoms with E-state index < -0.39 is 0 Å². The number of H-pyrrole nitrogens is 1. The summed E-state index contributed by atoms with van der Waals surface area (Å²) in [6.45, 7) is 0. The molecule has 90 valence electrons. The summed E-state index contributed by atoms with van der Waals surface area (Å²) in [5.74, 6) is 0.133. The topological polar surface area (TPSA) is 92.5 Å². The molecule has 0 bridgehead atoms. The van der Waals surface area contributed by atoms with Crippen molar-refractivity contribution in [3.63, 3.8) is 0 Å². The van der Waals surface area contributed by atoms with Crippen molar-refractivity contribution in [3.8, 4) is 0 Å². The fourth-order valence-electron chi connectivity index (χ4n) is 1.64. The first-order valence-electron chi connectivity index (χ1n) is 5.22. The van der Waals surface area contributed by atoms with Gasteiger partial charge in [-0.05, 0) is 12.1 Å². The summed E-state index contributed by atoms with van der Waals surface area (Å²) in [5, 5.41) is 10.1. The minimum atomic E-state index is -0.369. The van der Waals surface area contributed by atoms with Gasteiger partial charge < -0.3 is 11.1 Å². The number of hydrogen-bond acceptors (Lipinski definition) is 5. The van der Waals surface area contributed by atoms with Gasteiger partial charge in [-0.2, -0.15) is 15.1 Å². The fourth-order valence-corrected chi connectivity index (χ4v) is 1.64. The number of aromatic amines is 1. The molecule has 0 saturated heterocycles. The Balaban J connectivity index is 2.10. The molecule has 0 atom stereocenters. The average Bonchev–Trinajstić information content (AvgIpc) is 2.80. The van der Waals surface area contributed by atoms with Crippen LogP contribution in [0.4, 0.5) is 21.8 Å². The van der Waals surface area contributed by atoms with Crippen LogP contribution in [-0.4, -0.2) is 20.2 Å². The zero-order chi connectivity index (χ0) is 12.5. The highest BCUT2D eigenvalue weighted by molar-refractivity contribution is 5.88. The number of rotatable bonds is 2. The molecule has 0 fully saturated rings. The van der Waals surface area contributed by atoms with Gasteiger partial charge >= 0.3 is 0 Å². The standard InChI is InChI=1S/C11H9FN6/c12-7-3-1-2-4-8(7)15-9-6-5-14-18-10(6)17-11(13)16-9/h1-5H,(H4,13,14,15,16,17,18). The summed E-state index contributed by atoms with van der Waals surface area (Å²) in [5.41, 5.74) is 6.39. The van der Waals surface area contributed by atoms with E-state index in [-0.39, 0.29) is 11.8 Å². The van der Waals surface area contributed by atoms with E-state index in [1.54, 1.807) is 24.4 Å². The van der Waals surface area contributed by atoms with Gasteiger partial charge in [0.25, 0.3) is 0 Å². The van der Waals surface area contributed by atoms with Crippen LogP contribution in [0.3, 0.4) is 0 Å². The van der Waals surface area contributed by atoms with Crippen LogP contribution in [0.25, 0.3) is 11.0 Å². The Morgan fingerprint density at radius 2 is 2.06 bits per heavy atom. The quantitative estimate of drug-likeness (QED) is 0.639. The highest BCUT2D eigenvalue weighted by atomic mass is 19.1. The number of nitrogens with two attached hydrogens (primary N) is 1. The molecule has 1 aromatic carbocycles. The maximum atomic E-state index is 13.5. The zero-order valence-electron chi connectivity index (χ0n) is 9.18. The number of hydrogen-bond donors (Lipinski definition) is 3. The Hall–Kier alpha value is -2.70. The molecule has 4 N–H and O–H groups in total. The number of nitrogens with zero attached hydrogens (tertiary/aromatic N) is 3. The second kappa shape index (κ2) is 3.95. The minimum Gasteiger partial charge on any atom is -0.368 e. The van der Waals surface area contributed by atoms with Crippen LogP contribution in [0, 0.1) is 5.82 Å². The number of nitrogen functional groups attached to an aromatic ring is 1. The van der Waals surface area contributed by atoms with Crippen molar-refractivity contribution in [2.24, 2.45) is 0 Å². The fraction of sp³-hybridized carbons (Fsp3) is 0. The van der Waals surface area contributed by atoms with E-state index in [1.165, 1.54) is 6.07 Å². The summed E-state index contributed by atoms with van der Waals surface area (Å²) >= 11 is 0. The molecular formula is C11H9FN6. The van der Waals surface area contributed by atoms with Gasteiger partial charge in [0, 0.05) is 0 Å². The average molecular weight is 244 g/mol. The maximum Gasteiger partial charge on any atom is 0.224 e. The lowest BCUT2D eigenvalue weighted by Gasteiger charge is -2.07. The molecule has 6 nitrogen and oxygen atoms in total. The Bertz CT molecular complexity index is 708. The van der Waals surface area contributed by atoms with Gasteiger partial charge in [-0.25, -0.2) is 4.39 Å². The third-order valence-corrected chi connectivity index (χ3v) is 2.45. The van der Waals surface area contributed by atoms with Crippen LogP contribution in [0.15, 0.2) is 30.5 Å². The van der Waals surface area contributed by atoms with Gasteiger partial charge in [0.05, 0.1) is 17.3 Å². The van der Waals surface area contributed by atoms with Gasteiger partial charge in [0.2, 0.25) is 5.95 Å². The largest absolute Gasteiger partial charge is 0.368 e. The van der Waals surface area contributed by atoms with Gasteiger partial charge in [0.15, 0.2) is 5.65 Å². The molecule has 0 spiro atoms. The first kappa shape index (κ1) is 10.5. The molecule has 7 heteroatoms. The highest BCUT2D eigenvalue weighted by Crippen LogP contribution is 2.24. The van der Waals surface area contributed by atoms with Crippen LogP contribution in [-0.2, 0) is 0 Å². The monoisotopic (exact) mass is 244 g/mol. The molecule has 0 aliphatic heterocycles. The third-order valence-electron chi connectivity index (χ3n) is 2.45. The molecule has 2 heterocycles. The van der Waals surface area contributed by atoms with Gasteiger partial charge in [-0.3, -0.25) is 5.10 Å². The number of para-hydroxylation sites is 1. The number of anilines is 3. The lowest BCUT2D eigenvalue weighted by atomic mass is 10.3. The molecule has 0 saturated carbocycles. The van der Waals surface area contributed by atoms with Crippen LogP contribution >= 0.6 is 0 Å². The van der Waals surface area contributed by atoms with E-state index >= 15 is 0 Å². The van der Waals surface area contributed by atoms with Crippen LogP contribution in [0.2, 0.25) is 0 Å². The van der Waals surface area contributed by atoms with E-state index in [2.05, 4.69) is 25.5 Å². The van der Waals surface area contributed by atoms with Crippen molar-refractivity contribution in [1.29, 1.82) is 0 Å². The highest BCUT2D eigenvalue weighted by Gasteiger charge is 2.09. The molecule has 0 aliphatic rings. The van der Waals surface area contributed by atoms with E-state index in [0.717, 1.165) is 0 Å². The molecule has 18 heavy (non-hydrogen) atoms. The molecule has 0 amide bonds. The normalized spacial score (nSPS) is 10.7. The second-order valence-corrected chi connectivity index (χ2v) is 3.67. The van der Waals surface area contributed by atoms with Crippen molar-refractivity contribution in [2.45, 2.75) is 0 Å². The first-order valence-corrected chi connectivity index (χ1v) is 5.22. The Morgan fingerprint density at radius 3 is 2.89 bits per heavy atom. The van der Waals surface area contributed by atoms with Gasteiger partial charge in [-0.1, -0.05) is 12.1 Å². The van der Waals surface area contributed by atoms with Crippen LogP contribution in [0.1, 0.15) is 0 Å². The van der Waals surface area contributed by atoms with E-state index in [9.17, 15) is 4.39 Å². The second-order valence-electron chi connectivity index (χ2n) is 3.67. The molecular weight excluding hydrogens is 235 g/mol. The smallest absolute Gasteiger partial charge is 0.224 e. The van der Waals surface area contributed by atoms with Gasteiger partial charge in [-0.15, -0.1) is 0 Å². The number of fused-ring (bicyclic) bond motifs is 1. The van der Waals surface area contributed by atoms with Crippen molar-refractivity contribution in [3.05, 3.63) is 36.3 Å². The summed E-state index contributed by atoms with van der Waals surface area (Å²) in [6, 6.07) is 6.31. The summed E-state index contributed by atoms with van der Waals surface area (Å²) in [4.78, 5) is 8.01. The molecule has 3 rings (SSSR count). The summed E-state index contributed by atoms with van der Waals surface area (Å²) in [6.07, 6.45) is 1.55. The molecule has 0 aliphatic carbocycles. The van der Waals surface area contributed by atoms with Crippen molar-refractivity contribution in [1.82, 2.24) is 20.2 Å².